The molecule has 0 saturated carbocycles. The summed E-state index contributed by atoms with van der Waals surface area (Å²) in [7, 11) is 0. The molecule has 1 aromatic rings. The number of phenols is 2. The van der Waals surface area contributed by atoms with Gasteiger partial charge in [0.05, 0.1) is 0 Å². The van der Waals surface area contributed by atoms with Crippen molar-refractivity contribution in [3.63, 3.8) is 0 Å². The quantitative estimate of drug-likeness (QED) is 0.482. The number of benzene rings is 1. The largest absolute Gasteiger partial charge is 0.507 e. The van der Waals surface area contributed by atoms with Crippen LogP contribution in [0.5, 0.6) is 23.0 Å². The predicted octanol–water partition coefficient (Wildman–Crippen LogP) is 1.51. The molecule has 2 N–H and O–H groups in total. The van der Waals surface area contributed by atoms with E-state index < -0.39 is 17.7 Å². The van der Waals surface area contributed by atoms with Crippen LogP contribution in [-0.4, -0.2) is 22.2 Å². The van der Waals surface area contributed by atoms with Crippen LogP contribution in [0, 0.1) is 0 Å². The molecule has 0 spiro atoms. The SMILES string of the molecule is CCc1c(O)cc(OC(C)=O)c(O)c1OC(C)=O. The third-order valence-electron chi connectivity index (χ3n) is 2.15. The van der Waals surface area contributed by atoms with E-state index in [1.165, 1.54) is 0 Å². The van der Waals surface area contributed by atoms with Crippen molar-refractivity contribution in [2.75, 3.05) is 0 Å². The van der Waals surface area contributed by atoms with E-state index in [1.807, 2.05) is 0 Å². The number of esters is 2. The molecule has 98 valence electrons. The lowest BCUT2D eigenvalue weighted by atomic mass is 10.1. The molecule has 0 aromatic heterocycles. The van der Waals surface area contributed by atoms with Gasteiger partial charge in [-0.3, -0.25) is 9.59 Å². The van der Waals surface area contributed by atoms with Crippen LogP contribution in [0.25, 0.3) is 0 Å². The summed E-state index contributed by atoms with van der Waals surface area (Å²) in [6.45, 7) is 4.02. The molecule has 6 heteroatoms. The van der Waals surface area contributed by atoms with Gasteiger partial charge in [-0.15, -0.1) is 0 Å². The average molecular weight is 254 g/mol. The van der Waals surface area contributed by atoms with E-state index in [1.54, 1.807) is 6.92 Å². The van der Waals surface area contributed by atoms with Crippen molar-refractivity contribution < 1.29 is 29.3 Å². The topological polar surface area (TPSA) is 93.1 Å². The van der Waals surface area contributed by atoms with Gasteiger partial charge in [-0.05, 0) is 6.42 Å². The molecule has 0 atom stereocenters. The number of ether oxygens (including phenoxy) is 2. The first-order valence-electron chi connectivity index (χ1n) is 5.31. The summed E-state index contributed by atoms with van der Waals surface area (Å²) in [6, 6.07) is 1.10. The Morgan fingerprint density at radius 2 is 1.72 bits per heavy atom. The number of hydrogen-bond donors (Lipinski definition) is 2. The third-order valence-corrected chi connectivity index (χ3v) is 2.15. The molecule has 0 heterocycles. The van der Waals surface area contributed by atoms with Gasteiger partial charge in [-0.1, -0.05) is 6.92 Å². The minimum atomic E-state index is -0.664. The van der Waals surface area contributed by atoms with Gasteiger partial charge in [0.1, 0.15) is 5.75 Å². The first-order chi connectivity index (χ1) is 8.36. The number of carbonyl (C=O) groups is 2. The molecule has 0 radical (unpaired) electrons. The molecule has 0 unspecified atom stereocenters. The summed E-state index contributed by atoms with van der Waals surface area (Å²) in [5.41, 5.74) is 0.263. The number of carbonyl (C=O) groups excluding carboxylic acids is 2. The molecule has 1 aromatic carbocycles. The van der Waals surface area contributed by atoms with Crippen LogP contribution in [-0.2, 0) is 16.0 Å². The second kappa shape index (κ2) is 5.39. The average Bonchev–Trinajstić information content (AvgIpc) is 2.24. The molecule has 0 aliphatic carbocycles. The van der Waals surface area contributed by atoms with Crippen molar-refractivity contribution in [2.45, 2.75) is 27.2 Å². The highest BCUT2D eigenvalue weighted by Gasteiger charge is 2.21. The smallest absolute Gasteiger partial charge is 0.308 e. The molecular formula is C12H14O6. The highest BCUT2D eigenvalue weighted by Crippen LogP contribution is 2.44. The van der Waals surface area contributed by atoms with Crippen molar-refractivity contribution in [3.05, 3.63) is 11.6 Å². The summed E-state index contributed by atoms with van der Waals surface area (Å²) in [4.78, 5) is 21.8. The van der Waals surface area contributed by atoms with Crippen molar-refractivity contribution in [1.29, 1.82) is 0 Å². The van der Waals surface area contributed by atoms with Crippen LogP contribution >= 0.6 is 0 Å². The lowest BCUT2D eigenvalue weighted by Gasteiger charge is -2.14. The van der Waals surface area contributed by atoms with Crippen molar-refractivity contribution in [2.24, 2.45) is 0 Å². The number of rotatable bonds is 3. The Kier molecular flexibility index (Phi) is 4.14. The van der Waals surface area contributed by atoms with Gasteiger partial charge in [-0.25, -0.2) is 0 Å². The van der Waals surface area contributed by atoms with Crippen molar-refractivity contribution in [1.82, 2.24) is 0 Å². The standard InChI is InChI=1S/C12H14O6/c1-4-8-9(15)5-10(17-6(2)13)11(16)12(8)18-7(3)14/h5,15-16H,4H2,1-3H3. The zero-order valence-corrected chi connectivity index (χ0v) is 10.3. The van der Waals surface area contributed by atoms with Crippen LogP contribution in [0.4, 0.5) is 0 Å². The minimum absolute atomic E-state index is 0.193. The number of aromatic hydroxyl groups is 2. The number of hydrogen-bond acceptors (Lipinski definition) is 6. The molecule has 18 heavy (non-hydrogen) atoms. The normalized spacial score (nSPS) is 9.94. The Bertz CT molecular complexity index is 492. The van der Waals surface area contributed by atoms with Gasteiger partial charge in [0.2, 0.25) is 5.75 Å². The maximum absolute atomic E-state index is 11.0. The Morgan fingerprint density at radius 3 is 2.17 bits per heavy atom. The highest BCUT2D eigenvalue weighted by atomic mass is 16.6. The summed E-state index contributed by atoms with van der Waals surface area (Å²) in [6.07, 6.45) is 0.336. The second-order valence-electron chi connectivity index (χ2n) is 3.59. The van der Waals surface area contributed by atoms with Crippen LogP contribution in [0.15, 0.2) is 6.07 Å². The third kappa shape index (κ3) is 2.91. The fourth-order valence-corrected chi connectivity index (χ4v) is 1.48. The maximum Gasteiger partial charge on any atom is 0.308 e. The second-order valence-corrected chi connectivity index (χ2v) is 3.59. The summed E-state index contributed by atoms with van der Waals surface area (Å²) >= 11 is 0. The molecule has 0 aliphatic heterocycles. The van der Waals surface area contributed by atoms with Crippen LogP contribution < -0.4 is 9.47 Å². The molecule has 6 nitrogen and oxygen atoms in total. The predicted molar refractivity (Wildman–Crippen MR) is 61.8 cm³/mol. The lowest BCUT2D eigenvalue weighted by molar-refractivity contribution is -0.132. The van der Waals surface area contributed by atoms with Gasteiger partial charge in [0.25, 0.3) is 0 Å². The first-order valence-corrected chi connectivity index (χ1v) is 5.31. The Labute approximate surface area is 104 Å². The van der Waals surface area contributed by atoms with Crippen LogP contribution in [0.2, 0.25) is 0 Å². The van der Waals surface area contributed by atoms with Gasteiger partial charge in [-0.2, -0.15) is 0 Å². The summed E-state index contributed by atoms with van der Waals surface area (Å²) < 4.78 is 9.54. The monoisotopic (exact) mass is 254 g/mol. The van der Waals surface area contributed by atoms with Gasteiger partial charge >= 0.3 is 11.9 Å². The van der Waals surface area contributed by atoms with Gasteiger partial charge < -0.3 is 19.7 Å². The zero-order chi connectivity index (χ0) is 13.9. The van der Waals surface area contributed by atoms with Gasteiger partial charge in [0.15, 0.2) is 11.5 Å². The fourth-order valence-electron chi connectivity index (χ4n) is 1.48. The maximum atomic E-state index is 11.0. The Hall–Kier alpha value is -2.24. The highest BCUT2D eigenvalue weighted by molar-refractivity contribution is 5.76. The Balaban J connectivity index is 3.38. The Morgan fingerprint density at radius 1 is 1.17 bits per heavy atom. The fraction of sp³-hybridized carbons (Fsp3) is 0.333. The lowest BCUT2D eigenvalue weighted by Crippen LogP contribution is -2.07. The summed E-state index contributed by atoms with van der Waals surface area (Å²) in [5.74, 6) is -2.48. The van der Waals surface area contributed by atoms with Gasteiger partial charge in [0, 0.05) is 25.5 Å². The molecule has 0 saturated heterocycles. The van der Waals surface area contributed by atoms with E-state index in [0.717, 1.165) is 19.9 Å². The van der Waals surface area contributed by atoms with E-state index in [9.17, 15) is 19.8 Å². The van der Waals surface area contributed by atoms with Crippen LogP contribution in [0.1, 0.15) is 26.3 Å². The van der Waals surface area contributed by atoms with E-state index in [0.29, 0.717) is 6.42 Å². The molecule has 0 aliphatic rings. The first kappa shape index (κ1) is 13.8. The minimum Gasteiger partial charge on any atom is -0.507 e. The van der Waals surface area contributed by atoms with E-state index >= 15 is 0 Å². The van der Waals surface area contributed by atoms with E-state index in [-0.39, 0.29) is 22.8 Å². The number of phenolic OH excluding ortho intramolecular Hbond substituents is 2. The molecule has 0 amide bonds. The van der Waals surface area contributed by atoms with Crippen molar-refractivity contribution >= 4 is 11.9 Å². The summed E-state index contributed by atoms with van der Waals surface area (Å²) in [5, 5.41) is 19.6. The molecule has 0 bridgehead atoms. The van der Waals surface area contributed by atoms with Crippen molar-refractivity contribution in [3.8, 4) is 23.0 Å². The molecule has 1 rings (SSSR count). The van der Waals surface area contributed by atoms with E-state index in [4.69, 9.17) is 9.47 Å². The zero-order valence-electron chi connectivity index (χ0n) is 10.3. The van der Waals surface area contributed by atoms with E-state index in [2.05, 4.69) is 0 Å². The van der Waals surface area contributed by atoms with Crippen LogP contribution in [0.3, 0.4) is 0 Å². The molecule has 0 fully saturated rings. The molecular weight excluding hydrogens is 240 g/mol.